The molecular weight excluding hydrogens is 385 g/mol. The van der Waals surface area contributed by atoms with E-state index < -0.39 is 0 Å². The summed E-state index contributed by atoms with van der Waals surface area (Å²) < 4.78 is 16.3. The van der Waals surface area contributed by atoms with Crippen LogP contribution in [-0.2, 0) is 20.6 Å². The summed E-state index contributed by atoms with van der Waals surface area (Å²) in [5.41, 5.74) is 3.89. The van der Waals surface area contributed by atoms with Crippen LogP contribution in [0.15, 0.2) is 41.2 Å². The second-order valence-electron chi connectivity index (χ2n) is 7.74. The molecule has 2 amide bonds. The number of nitrogens with one attached hydrogen (secondary N) is 2. The van der Waals surface area contributed by atoms with Crippen molar-refractivity contribution in [1.29, 1.82) is 0 Å². The number of benzene rings is 2. The van der Waals surface area contributed by atoms with Crippen LogP contribution in [-0.4, -0.2) is 28.3 Å². The van der Waals surface area contributed by atoms with Gasteiger partial charge in [-0.25, -0.2) is 14.0 Å². The smallest absolute Gasteiger partial charge is 0.328 e. The maximum atomic E-state index is 13.1. The zero-order valence-electron chi connectivity index (χ0n) is 17.2. The van der Waals surface area contributed by atoms with Crippen LogP contribution in [0.3, 0.4) is 0 Å². The highest BCUT2D eigenvalue weighted by Gasteiger charge is 2.19. The van der Waals surface area contributed by atoms with Gasteiger partial charge < -0.3 is 15.5 Å². The monoisotopic (exact) mass is 411 g/mol. The van der Waals surface area contributed by atoms with E-state index in [1.807, 2.05) is 12.1 Å². The van der Waals surface area contributed by atoms with E-state index in [0.717, 1.165) is 48.2 Å². The van der Waals surface area contributed by atoms with Crippen LogP contribution in [0.25, 0.3) is 11.0 Å². The zero-order valence-corrected chi connectivity index (χ0v) is 17.2. The van der Waals surface area contributed by atoms with Crippen molar-refractivity contribution in [2.45, 2.75) is 25.8 Å². The fraction of sp³-hybridized carbons (Fsp3) is 0.364. The molecule has 1 aliphatic rings. The number of halogens is 1. The lowest BCUT2D eigenvalue weighted by molar-refractivity contribution is 0.251. The molecule has 1 saturated heterocycles. The zero-order chi connectivity index (χ0) is 21.3. The van der Waals surface area contributed by atoms with Crippen molar-refractivity contribution >= 4 is 28.4 Å². The summed E-state index contributed by atoms with van der Waals surface area (Å²) in [5.74, 6) is -0.309. The Kier molecular flexibility index (Phi) is 5.48. The van der Waals surface area contributed by atoms with Crippen LogP contribution in [0.1, 0.15) is 24.8 Å². The summed E-state index contributed by atoms with van der Waals surface area (Å²) in [6.45, 7) is 2.12. The number of fused-ring (bicyclic) bond motifs is 1. The third-order valence-electron chi connectivity index (χ3n) is 5.70. The summed E-state index contributed by atoms with van der Waals surface area (Å²) in [6, 6.07) is 9.51. The summed E-state index contributed by atoms with van der Waals surface area (Å²) in [4.78, 5) is 27.2. The molecule has 2 N–H and O–H groups in total. The average Bonchev–Trinajstić information content (AvgIpc) is 2.97. The lowest BCUT2D eigenvalue weighted by Gasteiger charge is -2.30. The van der Waals surface area contributed by atoms with Gasteiger partial charge in [0.15, 0.2) is 0 Å². The van der Waals surface area contributed by atoms with E-state index in [0.29, 0.717) is 5.69 Å². The van der Waals surface area contributed by atoms with Gasteiger partial charge in [0.2, 0.25) is 0 Å². The van der Waals surface area contributed by atoms with Crippen molar-refractivity contribution in [3.8, 4) is 0 Å². The Bertz CT molecular complexity index is 1130. The molecule has 0 spiro atoms. The summed E-state index contributed by atoms with van der Waals surface area (Å²) in [7, 11) is 3.48. The predicted molar refractivity (Wildman–Crippen MR) is 116 cm³/mol. The maximum Gasteiger partial charge on any atom is 0.328 e. The highest BCUT2D eigenvalue weighted by molar-refractivity contribution is 5.98. The Morgan fingerprint density at radius 3 is 2.30 bits per heavy atom. The van der Waals surface area contributed by atoms with Crippen LogP contribution in [0, 0.1) is 5.82 Å². The Hall–Kier alpha value is -3.29. The van der Waals surface area contributed by atoms with Gasteiger partial charge in [-0.15, -0.1) is 0 Å². The molecule has 2 heterocycles. The number of aryl methyl sites for hydroxylation is 2. The van der Waals surface area contributed by atoms with Gasteiger partial charge in [-0.2, -0.15) is 0 Å². The minimum atomic E-state index is -0.349. The molecule has 2 aromatic carbocycles. The number of nitrogens with zero attached hydrogens (tertiary/aromatic N) is 3. The number of aromatic nitrogens is 2. The molecule has 0 saturated carbocycles. The molecule has 0 radical (unpaired) electrons. The number of hydrogen-bond acceptors (Lipinski definition) is 3. The van der Waals surface area contributed by atoms with Crippen molar-refractivity contribution in [2.24, 2.45) is 14.1 Å². The quantitative estimate of drug-likeness (QED) is 0.692. The Balaban J connectivity index is 1.62. The highest BCUT2D eigenvalue weighted by Crippen LogP contribution is 2.32. The van der Waals surface area contributed by atoms with E-state index in [9.17, 15) is 14.0 Å². The molecule has 0 atom stereocenters. The molecule has 3 aromatic rings. The van der Waals surface area contributed by atoms with Gasteiger partial charge in [0.05, 0.1) is 22.4 Å². The first-order chi connectivity index (χ1) is 14.4. The lowest BCUT2D eigenvalue weighted by Crippen LogP contribution is -2.32. The molecule has 8 heteroatoms. The van der Waals surface area contributed by atoms with Crippen molar-refractivity contribution in [2.75, 3.05) is 23.3 Å². The normalized spacial score (nSPS) is 14.2. The number of carbonyl (C=O) groups is 1. The molecule has 7 nitrogen and oxygen atoms in total. The molecule has 0 unspecified atom stereocenters. The molecule has 1 aliphatic heterocycles. The van der Waals surface area contributed by atoms with E-state index in [-0.39, 0.29) is 24.1 Å². The van der Waals surface area contributed by atoms with Crippen molar-refractivity contribution in [3.05, 3.63) is 58.3 Å². The molecule has 30 heavy (non-hydrogen) atoms. The third-order valence-corrected chi connectivity index (χ3v) is 5.70. The van der Waals surface area contributed by atoms with Crippen molar-refractivity contribution in [1.82, 2.24) is 14.5 Å². The fourth-order valence-electron chi connectivity index (χ4n) is 3.98. The minimum absolute atomic E-state index is 0.104. The Morgan fingerprint density at radius 1 is 1.00 bits per heavy atom. The Labute approximate surface area is 174 Å². The number of anilines is 2. The van der Waals surface area contributed by atoms with Crippen LogP contribution < -0.4 is 21.2 Å². The summed E-state index contributed by atoms with van der Waals surface area (Å²) in [5, 5.41) is 5.76. The molecule has 0 bridgehead atoms. The van der Waals surface area contributed by atoms with E-state index in [1.54, 1.807) is 35.4 Å². The third kappa shape index (κ3) is 3.90. The Morgan fingerprint density at radius 2 is 1.63 bits per heavy atom. The molecule has 4 rings (SSSR count). The molecule has 0 aliphatic carbocycles. The first kappa shape index (κ1) is 20.0. The highest BCUT2D eigenvalue weighted by atomic mass is 19.1. The average molecular weight is 411 g/mol. The number of imidazole rings is 1. The molecular formula is C22H26FN5O2. The van der Waals surface area contributed by atoms with Crippen LogP contribution in [0.4, 0.5) is 20.6 Å². The number of carbonyl (C=O) groups excluding carboxylic acids is 1. The van der Waals surface area contributed by atoms with Gasteiger partial charge in [-0.05, 0) is 49.1 Å². The van der Waals surface area contributed by atoms with Gasteiger partial charge in [-0.3, -0.25) is 9.13 Å². The van der Waals surface area contributed by atoms with Gasteiger partial charge in [0, 0.05) is 33.7 Å². The standard InChI is InChI=1S/C22H26FN5O2/c1-26-19-12-17(25-21(29)24-14-15-6-8-16(23)9-7-15)18(28-10-4-3-5-11-28)13-20(19)27(2)22(26)30/h6-9,12-13H,3-5,10-11,14H2,1-2H3,(H2,24,25,29). The van der Waals surface area contributed by atoms with Crippen LogP contribution in [0.5, 0.6) is 0 Å². The predicted octanol–water partition coefficient (Wildman–Crippen LogP) is 3.33. The summed E-state index contributed by atoms with van der Waals surface area (Å²) in [6.07, 6.45) is 3.40. The van der Waals surface area contributed by atoms with Gasteiger partial charge >= 0.3 is 11.7 Å². The van der Waals surface area contributed by atoms with E-state index in [2.05, 4.69) is 15.5 Å². The first-order valence-corrected chi connectivity index (χ1v) is 10.2. The number of rotatable bonds is 4. The van der Waals surface area contributed by atoms with Gasteiger partial charge in [0.1, 0.15) is 5.82 Å². The minimum Gasteiger partial charge on any atom is -0.370 e. The number of piperidine rings is 1. The van der Waals surface area contributed by atoms with E-state index in [4.69, 9.17) is 0 Å². The SMILES string of the molecule is Cn1c(=O)n(C)c2cc(N3CCCCC3)c(NC(=O)NCc3ccc(F)cc3)cc21. The second kappa shape index (κ2) is 8.22. The maximum absolute atomic E-state index is 13.1. The van der Waals surface area contributed by atoms with Crippen LogP contribution in [0.2, 0.25) is 0 Å². The molecule has 1 fully saturated rings. The topological polar surface area (TPSA) is 71.3 Å². The first-order valence-electron chi connectivity index (χ1n) is 10.2. The number of hydrogen-bond donors (Lipinski definition) is 2. The lowest BCUT2D eigenvalue weighted by atomic mass is 10.1. The number of amides is 2. The van der Waals surface area contributed by atoms with Crippen LogP contribution >= 0.6 is 0 Å². The molecule has 158 valence electrons. The van der Waals surface area contributed by atoms with Gasteiger partial charge in [-0.1, -0.05) is 12.1 Å². The van der Waals surface area contributed by atoms with E-state index in [1.165, 1.54) is 18.6 Å². The fourth-order valence-corrected chi connectivity index (χ4v) is 3.98. The molecule has 1 aromatic heterocycles. The second-order valence-corrected chi connectivity index (χ2v) is 7.74. The van der Waals surface area contributed by atoms with Crippen molar-refractivity contribution in [3.63, 3.8) is 0 Å². The van der Waals surface area contributed by atoms with Crippen molar-refractivity contribution < 1.29 is 9.18 Å². The summed E-state index contributed by atoms with van der Waals surface area (Å²) >= 11 is 0. The van der Waals surface area contributed by atoms with E-state index >= 15 is 0 Å². The van der Waals surface area contributed by atoms with Gasteiger partial charge in [0.25, 0.3) is 0 Å². The largest absolute Gasteiger partial charge is 0.370 e. The number of urea groups is 1.